The van der Waals surface area contributed by atoms with E-state index < -0.39 is 15.8 Å². The molecule has 7 heteroatoms. The van der Waals surface area contributed by atoms with Gasteiger partial charge in [0.1, 0.15) is 5.82 Å². The first kappa shape index (κ1) is 16.4. The SMILES string of the molecule is Cl.O=S(=O)(NCC1CCNCC1)c1cccc(F)c1. The molecule has 1 aliphatic rings. The number of hydrogen-bond acceptors (Lipinski definition) is 3. The van der Waals surface area contributed by atoms with Crippen molar-refractivity contribution in [1.29, 1.82) is 0 Å². The molecule has 0 atom stereocenters. The molecule has 108 valence electrons. The molecule has 1 aliphatic heterocycles. The lowest BCUT2D eigenvalue weighted by Crippen LogP contribution is -2.35. The second-order valence-corrected chi connectivity index (χ2v) is 6.27. The molecule has 0 bridgehead atoms. The van der Waals surface area contributed by atoms with Crippen molar-refractivity contribution in [2.75, 3.05) is 19.6 Å². The summed E-state index contributed by atoms with van der Waals surface area (Å²) in [5.41, 5.74) is 0. The van der Waals surface area contributed by atoms with Gasteiger partial charge < -0.3 is 5.32 Å². The Hall–Kier alpha value is -0.690. The van der Waals surface area contributed by atoms with Gasteiger partial charge in [-0.05, 0) is 50.0 Å². The van der Waals surface area contributed by atoms with Crippen LogP contribution in [-0.4, -0.2) is 28.1 Å². The third kappa shape index (κ3) is 4.72. The van der Waals surface area contributed by atoms with Crippen LogP contribution in [0.1, 0.15) is 12.8 Å². The van der Waals surface area contributed by atoms with Crippen molar-refractivity contribution in [3.63, 3.8) is 0 Å². The van der Waals surface area contributed by atoms with Gasteiger partial charge in [-0.1, -0.05) is 6.07 Å². The first-order chi connectivity index (χ1) is 8.58. The minimum absolute atomic E-state index is 0. The Balaban J connectivity index is 0.00000180. The minimum Gasteiger partial charge on any atom is -0.317 e. The van der Waals surface area contributed by atoms with Gasteiger partial charge in [0.15, 0.2) is 0 Å². The summed E-state index contributed by atoms with van der Waals surface area (Å²) >= 11 is 0. The molecule has 19 heavy (non-hydrogen) atoms. The molecule has 0 aliphatic carbocycles. The summed E-state index contributed by atoms with van der Waals surface area (Å²) in [6.45, 7) is 2.26. The summed E-state index contributed by atoms with van der Waals surface area (Å²) < 4.78 is 39.4. The van der Waals surface area contributed by atoms with E-state index in [1.807, 2.05) is 0 Å². The van der Waals surface area contributed by atoms with Crippen LogP contribution in [0.2, 0.25) is 0 Å². The van der Waals surface area contributed by atoms with Crippen molar-refractivity contribution in [2.24, 2.45) is 5.92 Å². The van der Waals surface area contributed by atoms with E-state index in [2.05, 4.69) is 10.0 Å². The van der Waals surface area contributed by atoms with Crippen LogP contribution in [0.3, 0.4) is 0 Å². The summed E-state index contributed by atoms with van der Waals surface area (Å²) in [7, 11) is -3.59. The van der Waals surface area contributed by atoms with Crippen molar-refractivity contribution in [3.05, 3.63) is 30.1 Å². The number of sulfonamides is 1. The van der Waals surface area contributed by atoms with Crippen molar-refractivity contribution in [2.45, 2.75) is 17.7 Å². The maximum Gasteiger partial charge on any atom is 0.240 e. The average molecular weight is 309 g/mol. The number of hydrogen-bond donors (Lipinski definition) is 2. The van der Waals surface area contributed by atoms with Gasteiger partial charge >= 0.3 is 0 Å². The first-order valence-electron chi connectivity index (χ1n) is 6.04. The van der Waals surface area contributed by atoms with Crippen LogP contribution in [0.5, 0.6) is 0 Å². The van der Waals surface area contributed by atoms with Crippen LogP contribution in [0, 0.1) is 11.7 Å². The normalized spacial score (nSPS) is 16.9. The lowest BCUT2D eigenvalue weighted by molar-refractivity contribution is 0.372. The monoisotopic (exact) mass is 308 g/mol. The molecule has 1 aromatic carbocycles. The van der Waals surface area contributed by atoms with Crippen molar-refractivity contribution < 1.29 is 12.8 Å². The molecule has 0 spiro atoms. The molecule has 1 fully saturated rings. The number of rotatable bonds is 4. The fourth-order valence-electron chi connectivity index (χ4n) is 2.03. The Labute approximate surface area is 119 Å². The second kappa shape index (κ2) is 7.19. The molecule has 0 radical (unpaired) electrons. The third-order valence-electron chi connectivity index (χ3n) is 3.13. The number of halogens is 2. The largest absolute Gasteiger partial charge is 0.317 e. The van der Waals surface area contributed by atoms with E-state index in [9.17, 15) is 12.8 Å². The molecule has 1 heterocycles. The van der Waals surface area contributed by atoms with Crippen LogP contribution in [0.4, 0.5) is 4.39 Å². The Bertz CT molecular complexity index is 504. The number of piperidine rings is 1. The van der Waals surface area contributed by atoms with Crippen LogP contribution >= 0.6 is 12.4 Å². The van der Waals surface area contributed by atoms with Gasteiger partial charge in [-0.15, -0.1) is 12.4 Å². The molecule has 4 nitrogen and oxygen atoms in total. The third-order valence-corrected chi connectivity index (χ3v) is 4.55. The van der Waals surface area contributed by atoms with E-state index in [-0.39, 0.29) is 17.3 Å². The fraction of sp³-hybridized carbons (Fsp3) is 0.500. The minimum atomic E-state index is -3.59. The quantitative estimate of drug-likeness (QED) is 0.887. The highest BCUT2D eigenvalue weighted by molar-refractivity contribution is 7.89. The van der Waals surface area contributed by atoms with Crippen LogP contribution < -0.4 is 10.0 Å². The van der Waals surface area contributed by atoms with Gasteiger partial charge in [0, 0.05) is 6.54 Å². The summed E-state index contributed by atoms with van der Waals surface area (Å²) in [4.78, 5) is -0.0172. The molecule has 1 saturated heterocycles. The Kier molecular flexibility index (Phi) is 6.19. The summed E-state index contributed by atoms with van der Waals surface area (Å²) in [6.07, 6.45) is 1.93. The van der Waals surface area contributed by atoms with Gasteiger partial charge in [-0.3, -0.25) is 0 Å². The van der Waals surface area contributed by atoms with Gasteiger partial charge in [-0.2, -0.15) is 0 Å². The van der Waals surface area contributed by atoms with E-state index in [0.717, 1.165) is 32.0 Å². The van der Waals surface area contributed by atoms with E-state index in [4.69, 9.17) is 0 Å². The zero-order valence-electron chi connectivity index (χ0n) is 10.4. The van der Waals surface area contributed by atoms with Crippen molar-refractivity contribution in [1.82, 2.24) is 10.0 Å². The van der Waals surface area contributed by atoms with Crippen LogP contribution in [-0.2, 0) is 10.0 Å². The molecule has 2 rings (SSSR count). The predicted octanol–water partition coefficient (Wildman–Crippen LogP) is 1.53. The summed E-state index contributed by atoms with van der Waals surface area (Å²) in [5.74, 6) is -0.186. The highest BCUT2D eigenvalue weighted by atomic mass is 35.5. The standard InChI is InChI=1S/C12H17FN2O2S.ClH/c13-11-2-1-3-12(8-11)18(16,17)15-9-10-4-6-14-7-5-10;/h1-3,8,10,14-15H,4-7,9H2;1H. The zero-order chi connectivity index (χ0) is 13.0. The van der Waals surface area contributed by atoms with E-state index in [1.165, 1.54) is 18.2 Å². The first-order valence-corrected chi connectivity index (χ1v) is 7.52. The predicted molar refractivity (Wildman–Crippen MR) is 74.4 cm³/mol. The Morgan fingerprint density at radius 2 is 2.00 bits per heavy atom. The Morgan fingerprint density at radius 3 is 2.63 bits per heavy atom. The number of nitrogens with one attached hydrogen (secondary N) is 2. The van der Waals surface area contributed by atoms with Crippen LogP contribution in [0.15, 0.2) is 29.2 Å². The Morgan fingerprint density at radius 1 is 1.32 bits per heavy atom. The van der Waals surface area contributed by atoms with E-state index >= 15 is 0 Å². The second-order valence-electron chi connectivity index (χ2n) is 4.50. The lowest BCUT2D eigenvalue weighted by Gasteiger charge is -2.22. The smallest absolute Gasteiger partial charge is 0.240 e. The zero-order valence-corrected chi connectivity index (χ0v) is 12.1. The highest BCUT2D eigenvalue weighted by Gasteiger charge is 2.18. The fourth-order valence-corrected chi connectivity index (χ4v) is 3.18. The number of benzene rings is 1. The summed E-state index contributed by atoms with van der Waals surface area (Å²) in [5, 5.41) is 3.22. The molecule has 0 amide bonds. The van der Waals surface area contributed by atoms with Crippen molar-refractivity contribution >= 4 is 22.4 Å². The molecule has 0 aromatic heterocycles. The molecule has 0 saturated carbocycles. The molecule has 0 unspecified atom stereocenters. The maximum atomic E-state index is 13.0. The topological polar surface area (TPSA) is 58.2 Å². The molecular weight excluding hydrogens is 291 g/mol. The van der Waals surface area contributed by atoms with Crippen LogP contribution in [0.25, 0.3) is 0 Å². The van der Waals surface area contributed by atoms with Crippen molar-refractivity contribution in [3.8, 4) is 0 Å². The molecule has 1 aromatic rings. The molecular formula is C12H18ClFN2O2S. The van der Waals surface area contributed by atoms with Gasteiger partial charge in [-0.25, -0.2) is 17.5 Å². The van der Waals surface area contributed by atoms with Gasteiger partial charge in [0.25, 0.3) is 0 Å². The van der Waals surface area contributed by atoms with Gasteiger partial charge in [0.05, 0.1) is 4.90 Å². The summed E-state index contributed by atoms with van der Waals surface area (Å²) in [6, 6.07) is 5.05. The lowest BCUT2D eigenvalue weighted by atomic mass is 9.99. The van der Waals surface area contributed by atoms with Gasteiger partial charge in [0.2, 0.25) is 10.0 Å². The maximum absolute atomic E-state index is 13.0. The average Bonchev–Trinajstić information content (AvgIpc) is 2.38. The highest BCUT2D eigenvalue weighted by Crippen LogP contribution is 2.13. The molecule has 2 N–H and O–H groups in total. The van der Waals surface area contributed by atoms with E-state index in [1.54, 1.807) is 0 Å². The van der Waals surface area contributed by atoms with E-state index in [0.29, 0.717) is 12.5 Å².